The minimum Gasteiger partial charge on any atom is -0.355 e. The van der Waals surface area contributed by atoms with Crippen LogP contribution in [-0.4, -0.2) is 49.6 Å². The molecule has 0 aromatic heterocycles. The molecule has 0 bridgehead atoms. The number of anilines is 1. The van der Waals surface area contributed by atoms with Gasteiger partial charge in [0, 0.05) is 26.2 Å². The Morgan fingerprint density at radius 1 is 1.24 bits per heavy atom. The molecule has 1 atom stereocenters. The summed E-state index contributed by atoms with van der Waals surface area (Å²) in [5.41, 5.74) is 0.154. The summed E-state index contributed by atoms with van der Waals surface area (Å²) in [7, 11) is 0. The van der Waals surface area contributed by atoms with Crippen LogP contribution in [0.3, 0.4) is 0 Å². The van der Waals surface area contributed by atoms with E-state index in [1.54, 1.807) is 17.0 Å². The standard InChI is InChI=1S/C18H27FN4O2/c1-2-9-20-10-11-21-17(24)14-6-5-12-23(13-14)18(25)22-16-8-4-3-7-15(16)19/h3-4,7-8,14,20H,2,5-6,9-13H2,1H3,(H,21,24)(H,22,25). The van der Waals surface area contributed by atoms with Crippen LogP contribution in [-0.2, 0) is 4.79 Å². The van der Waals surface area contributed by atoms with Gasteiger partial charge in [-0.2, -0.15) is 0 Å². The van der Waals surface area contributed by atoms with Crippen LogP contribution < -0.4 is 16.0 Å². The van der Waals surface area contributed by atoms with Gasteiger partial charge in [0.1, 0.15) is 5.82 Å². The van der Waals surface area contributed by atoms with E-state index in [1.165, 1.54) is 12.1 Å². The number of urea groups is 1. The fourth-order valence-corrected chi connectivity index (χ4v) is 2.85. The lowest BCUT2D eigenvalue weighted by molar-refractivity contribution is -0.126. The number of rotatable bonds is 7. The first-order valence-corrected chi connectivity index (χ1v) is 8.90. The summed E-state index contributed by atoms with van der Waals surface area (Å²) in [5.74, 6) is -0.713. The van der Waals surface area contributed by atoms with Crippen molar-refractivity contribution in [2.24, 2.45) is 5.92 Å². The van der Waals surface area contributed by atoms with E-state index in [4.69, 9.17) is 0 Å². The molecule has 0 radical (unpaired) electrons. The predicted octanol–water partition coefficient (Wildman–Crippen LogP) is 2.19. The normalized spacial score (nSPS) is 17.2. The fraction of sp³-hybridized carbons (Fsp3) is 0.556. The Labute approximate surface area is 148 Å². The van der Waals surface area contributed by atoms with Crippen LogP contribution in [0.1, 0.15) is 26.2 Å². The molecule has 138 valence electrons. The Balaban J connectivity index is 1.80. The van der Waals surface area contributed by atoms with Crippen LogP contribution in [0.5, 0.6) is 0 Å². The van der Waals surface area contributed by atoms with Gasteiger partial charge in [0.05, 0.1) is 11.6 Å². The predicted molar refractivity (Wildman–Crippen MR) is 95.9 cm³/mol. The third-order valence-corrected chi connectivity index (χ3v) is 4.22. The van der Waals surface area contributed by atoms with E-state index >= 15 is 0 Å². The third-order valence-electron chi connectivity index (χ3n) is 4.22. The van der Waals surface area contributed by atoms with Gasteiger partial charge in [-0.25, -0.2) is 9.18 Å². The lowest BCUT2D eigenvalue weighted by Gasteiger charge is -2.32. The van der Waals surface area contributed by atoms with Gasteiger partial charge in [-0.1, -0.05) is 19.1 Å². The highest BCUT2D eigenvalue weighted by atomic mass is 19.1. The van der Waals surface area contributed by atoms with Gasteiger partial charge >= 0.3 is 6.03 Å². The van der Waals surface area contributed by atoms with Crippen molar-refractivity contribution >= 4 is 17.6 Å². The number of para-hydroxylation sites is 1. The molecular formula is C18H27FN4O2. The molecule has 1 heterocycles. The van der Waals surface area contributed by atoms with E-state index < -0.39 is 5.82 Å². The number of amides is 3. The fourth-order valence-electron chi connectivity index (χ4n) is 2.85. The third kappa shape index (κ3) is 6.01. The SMILES string of the molecule is CCCNCCNC(=O)C1CCCN(C(=O)Nc2ccccc2F)C1. The van der Waals surface area contributed by atoms with Crippen LogP contribution in [0.4, 0.5) is 14.9 Å². The number of benzene rings is 1. The second-order valence-corrected chi connectivity index (χ2v) is 6.24. The van der Waals surface area contributed by atoms with E-state index in [9.17, 15) is 14.0 Å². The van der Waals surface area contributed by atoms with Crippen LogP contribution in [0, 0.1) is 11.7 Å². The summed E-state index contributed by atoms with van der Waals surface area (Å²) < 4.78 is 13.6. The molecule has 1 saturated heterocycles. The summed E-state index contributed by atoms with van der Waals surface area (Å²) in [5, 5.41) is 8.71. The molecule has 0 aliphatic carbocycles. The molecule has 1 aliphatic rings. The molecule has 1 fully saturated rings. The Morgan fingerprint density at radius 3 is 2.80 bits per heavy atom. The Morgan fingerprint density at radius 2 is 2.04 bits per heavy atom. The lowest BCUT2D eigenvalue weighted by atomic mass is 9.97. The van der Waals surface area contributed by atoms with E-state index in [0.717, 1.165) is 32.4 Å². The van der Waals surface area contributed by atoms with Crippen molar-refractivity contribution in [1.82, 2.24) is 15.5 Å². The topological polar surface area (TPSA) is 73.5 Å². The molecule has 0 saturated carbocycles. The second-order valence-electron chi connectivity index (χ2n) is 6.24. The Hall–Kier alpha value is -2.15. The summed E-state index contributed by atoms with van der Waals surface area (Å²) in [6.45, 7) is 5.27. The smallest absolute Gasteiger partial charge is 0.321 e. The summed E-state index contributed by atoms with van der Waals surface area (Å²) in [6.07, 6.45) is 2.58. The molecule has 25 heavy (non-hydrogen) atoms. The van der Waals surface area contributed by atoms with Gasteiger partial charge in [0.25, 0.3) is 0 Å². The monoisotopic (exact) mass is 350 g/mol. The first kappa shape index (κ1) is 19.2. The summed E-state index contributed by atoms with van der Waals surface area (Å²) in [6, 6.07) is 5.69. The molecule has 7 heteroatoms. The van der Waals surface area contributed by atoms with Crippen molar-refractivity contribution in [1.29, 1.82) is 0 Å². The van der Waals surface area contributed by atoms with Crippen LogP contribution in [0.15, 0.2) is 24.3 Å². The van der Waals surface area contributed by atoms with Crippen molar-refractivity contribution in [3.05, 3.63) is 30.1 Å². The minimum absolute atomic E-state index is 0.0262. The Bertz CT molecular complexity index is 582. The quantitative estimate of drug-likeness (QED) is 0.660. The average Bonchev–Trinajstić information content (AvgIpc) is 2.63. The highest BCUT2D eigenvalue weighted by molar-refractivity contribution is 5.90. The molecular weight excluding hydrogens is 323 g/mol. The van der Waals surface area contributed by atoms with Crippen molar-refractivity contribution in [2.45, 2.75) is 26.2 Å². The van der Waals surface area contributed by atoms with Gasteiger partial charge in [0.2, 0.25) is 5.91 Å². The molecule has 0 spiro atoms. The largest absolute Gasteiger partial charge is 0.355 e. The lowest BCUT2D eigenvalue weighted by Crippen LogP contribution is -2.47. The average molecular weight is 350 g/mol. The zero-order valence-electron chi connectivity index (χ0n) is 14.7. The van der Waals surface area contributed by atoms with Crippen molar-refractivity contribution in [3.8, 4) is 0 Å². The van der Waals surface area contributed by atoms with Gasteiger partial charge in [0.15, 0.2) is 0 Å². The first-order chi connectivity index (χ1) is 12.1. The van der Waals surface area contributed by atoms with Crippen LogP contribution in [0.25, 0.3) is 0 Å². The van der Waals surface area contributed by atoms with E-state index in [-0.39, 0.29) is 23.5 Å². The number of halogens is 1. The maximum Gasteiger partial charge on any atom is 0.321 e. The van der Waals surface area contributed by atoms with Gasteiger partial charge < -0.3 is 20.9 Å². The molecule has 1 unspecified atom stereocenters. The Kier molecular flexibility index (Phi) is 7.66. The van der Waals surface area contributed by atoms with Gasteiger partial charge in [-0.15, -0.1) is 0 Å². The van der Waals surface area contributed by atoms with Crippen LogP contribution >= 0.6 is 0 Å². The molecule has 1 aliphatic heterocycles. The molecule has 1 aromatic carbocycles. The van der Waals surface area contributed by atoms with E-state index in [0.29, 0.717) is 19.6 Å². The zero-order chi connectivity index (χ0) is 18.1. The van der Waals surface area contributed by atoms with Gasteiger partial charge in [-0.05, 0) is 37.9 Å². The number of piperidine rings is 1. The molecule has 6 nitrogen and oxygen atoms in total. The number of carbonyl (C=O) groups excluding carboxylic acids is 2. The number of hydrogen-bond acceptors (Lipinski definition) is 3. The number of nitrogens with one attached hydrogen (secondary N) is 3. The number of nitrogens with zero attached hydrogens (tertiary/aromatic N) is 1. The van der Waals surface area contributed by atoms with Crippen LogP contribution in [0.2, 0.25) is 0 Å². The molecule has 3 N–H and O–H groups in total. The van der Waals surface area contributed by atoms with E-state index in [2.05, 4.69) is 22.9 Å². The highest BCUT2D eigenvalue weighted by Gasteiger charge is 2.28. The minimum atomic E-state index is -0.471. The number of likely N-dealkylation sites (tertiary alicyclic amines) is 1. The molecule has 3 amide bonds. The molecule has 1 aromatic rings. The highest BCUT2D eigenvalue weighted by Crippen LogP contribution is 2.19. The summed E-state index contributed by atoms with van der Waals surface area (Å²) >= 11 is 0. The first-order valence-electron chi connectivity index (χ1n) is 8.90. The zero-order valence-corrected chi connectivity index (χ0v) is 14.7. The van der Waals surface area contributed by atoms with Crippen molar-refractivity contribution in [3.63, 3.8) is 0 Å². The maximum atomic E-state index is 13.6. The van der Waals surface area contributed by atoms with E-state index in [1.807, 2.05) is 0 Å². The van der Waals surface area contributed by atoms with Crippen molar-refractivity contribution in [2.75, 3.05) is 38.0 Å². The maximum absolute atomic E-state index is 13.6. The molecule has 2 rings (SSSR count). The summed E-state index contributed by atoms with van der Waals surface area (Å²) in [4.78, 5) is 26.2. The van der Waals surface area contributed by atoms with Crippen molar-refractivity contribution < 1.29 is 14.0 Å². The number of carbonyl (C=O) groups is 2. The number of hydrogen-bond donors (Lipinski definition) is 3. The second kappa shape index (κ2) is 9.98. The van der Waals surface area contributed by atoms with Gasteiger partial charge in [-0.3, -0.25) is 4.79 Å².